The quantitative estimate of drug-likeness (QED) is 0.918. The number of likely N-dealkylation sites (tertiary alicyclic amines) is 1. The van der Waals surface area contributed by atoms with Gasteiger partial charge in [0.15, 0.2) is 0 Å². The Bertz CT molecular complexity index is 724. The Morgan fingerprint density at radius 2 is 2.08 bits per heavy atom. The third kappa shape index (κ3) is 3.33. The molecule has 24 heavy (non-hydrogen) atoms. The summed E-state index contributed by atoms with van der Waals surface area (Å²) in [7, 11) is 0. The van der Waals surface area contributed by atoms with Gasteiger partial charge in [0.1, 0.15) is 11.5 Å². The van der Waals surface area contributed by atoms with E-state index in [1.165, 1.54) is 25.0 Å². The summed E-state index contributed by atoms with van der Waals surface area (Å²) in [5.74, 6) is 0.383. The molecular formula is C18H20FN3O2. The summed E-state index contributed by atoms with van der Waals surface area (Å²) in [6.07, 6.45) is 3.58. The summed E-state index contributed by atoms with van der Waals surface area (Å²) in [4.78, 5) is 14.4. The lowest BCUT2D eigenvalue weighted by Crippen LogP contribution is -2.30. The number of benzene rings is 1. The number of rotatable bonds is 5. The number of nitrogens with one attached hydrogen (secondary N) is 1. The molecule has 1 aromatic heterocycles. The van der Waals surface area contributed by atoms with E-state index in [0.29, 0.717) is 24.5 Å². The van der Waals surface area contributed by atoms with Crippen molar-refractivity contribution < 1.29 is 13.9 Å². The molecule has 0 radical (unpaired) electrons. The van der Waals surface area contributed by atoms with E-state index in [1.54, 1.807) is 23.1 Å². The van der Waals surface area contributed by atoms with Gasteiger partial charge in [0.2, 0.25) is 0 Å². The largest absolute Gasteiger partial charge is 0.376 e. The fraction of sp³-hybridized carbons (Fsp3) is 0.444. The average Bonchev–Trinajstić information content (AvgIpc) is 3.11. The molecule has 1 atom stereocenters. The van der Waals surface area contributed by atoms with Crippen molar-refractivity contribution in [2.75, 3.05) is 19.7 Å². The monoisotopic (exact) mass is 329 g/mol. The molecule has 4 rings (SSSR count). The molecule has 2 aliphatic rings. The normalized spacial score (nSPS) is 20.5. The number of carbonyl (C=O) groups excluding carboxylic acids is 1. The average molecular weight is 329 g/mol. The van der Waals surface area contributed by atoms with Crippen molar-refractivity contribution in [2.24, 2.45) is 5.92 Å². The first kappa shape index (κ1) is 15.3. The third-order valence-electron chi connectivity index (χ3n) is 4.65. The number of ether oxygens (including phenoxy) is 1. The van der Waals surface area contributed by atoms with Crippen molar-refractivity contribution in [3.05, 3.63) is 41.8 Å². The molecule has 1 N–H and O–H groups in total. The van der Waals surface area contributed by atoms with Crippen LogP contribution >= 0.6 is 0 Å². The Labute approximate surface area is 139 Å². The molecule has 2 aromatic rings. The molecule has 1 unspecified atom stereocenters. The van der Waals surface area contributed by atoms with Gasteiger partial charge in [-0.2, -0.15) is 5.10 Å². The molecule has 2 fully saturated rings. The van der Waals surface area contributed by atoms with Gasteiger partial charge in [0, 0.05) is 25.3 Å². The molecule has 1 amide bonds. The van der Waals surface area contributed by atoms with Crippen LogP contribution in [0.3, 0.4) is 0 Å². The highest BCUT2D eigenvalue weighted by Crippen LogP contribution is 2.30. The molecule has 2 heterocycles. The van der Waals surface area contributed by atoms with Crippen LogP contribution in [0.25, 0.3) is 11.3 Å². The Balaban J connectivity index is 1.38. The Morgan fingerprint density at radius 3 is 2.83 bits per heavy atom. The minimum atomic E-state index is -0.292. The van der Waals surface area contributed by atoms with E-state index in [1.807, 2.05) is 0 Å². The second kappa shape index (κ2) is 6.36. The van der Waals surface area contributed by atoms with Gasteiger partial charge in [-0.15, -0.1) is 0 Å². The van der Waals surface area contributed by atoms with Gasteiger partial charge in [-0.3, -0.25) is 9.89 Å². The van der Waals surface area contributed by atoms with Crippen LogP contribution in [0.15, 0.2) is 30.3 Å². The number of halogens is 1. The van der Waals surface area contributed by atoms with Crippen LogP contribution in [0.2, 0.25) is 0 Å². The van der Waals surface area contributed by atoms with E-state index in [9.17, 15) is 9.18 Å². The zero-order valence-electron chi connectivity index (χ0n) is 13.4. The lowest BCUT2D eigenvalue weighted by atomic mass is 10.1. The number of hydrogen-bond donors (Lipinski definition) is 1. The molecule has 6 heteroatoms. The van der Waals surface area contributed by atoms with Crippen LogP contribution in [0, 0.1) is 11.7 Å². The predicted molar refractivity (Wildman–Crippen MR) is 87.0 cm³/mol. The maximum absolute atomic E-state index is 13.0. The highest BCUT2D eigenvalue weighted by molar-refractivity contribution is 5.93. The fourth-order valence-corrected chi connectivity index (χ4v) is 2.98. The summed E-state index contributed by atoms with van der Waals surface area (Å²) in [6, 6.07) is 7.78. The second-order valence-electron chi connectivity index (χ2n) is 6.61. The Morgan fingerprint density at radius 1 is 1.29 bits per heavy atom. The number of carbonyl (C=O) groups is 1. The number of H-pyrrole nitrogens is 1. The first-order valence-corrected chi connectivity index (χ1v) is 8.41. The molecule has 1 aromatic carbocycles. The van der Waals surface area contributed by atoms with Crippen LogP contribution in [-0.2, 0) is 4.74 Å². The van der Waals surface area contributed by atoms with E-state index < -0.39 is 0 Å². The highest BCUT2D eigenvalue weighted by Gasteiger charge is 2.30. The topological polar surface area (TPSA) is 58.2 Å². The van der Waals surface area contributed by atoms with Gasteiger partial charge < -0.3 is 9.64 Å². The maximum Gasteiger partial charge on any atom is 0.271 e. The van der Waals surface area contributed by atoms with Crippen LogP contribution in [0.4, 0.5) is 4.39 Å². The third-order valence-corrected chi connectivity index (χ3v) is 4.65. The van der Waals surface area contributed by atoms with Gasteiger partial charge in [-0.05, 0) is 55.5 Å². The smallest absolute Gasteiger partial charge is 0.271 e. The van der Waals surface area contributed by atoms with Gasteiger partial charge in [0.05, 0.1) is 11.8 Å². The first-order valence-electron chi connectivity index (χ1n) is 8.41. The molecule has 1 aliphatic heterocycles. The van der Waals surface area contributed by atoms with Crippen LogP contribution < -0.4 is 0 Å². The number of hydrogen-bond acceptors (Lipinski definition) is 3. The van der Waals surface area contributed by atoms with Crippen molar-refractivity contribution >= 4 is 5.91 Å². The zero-order valence-corrected chi connectivity index (χ0v) is 13.4. The van der Waals surface area contributed by atoms with Gasteiger partial charge in [-0.1, -0.05) is 0 Å². The second-order valence-corrected chi connectivity index (χ2v) is 6.61. The van der Waals surface area contributed by atoms with Crippen molar-refractivity contribution in [1.29, 1.82) is 0 Å². The van der Waals surface area contributed by atoms with E-state index >= 15 is 0 Å². The summed E-state index contributed by atoms with van der Waals surface area (Å²) >= 11 is 0. The predicted octanol–water partition coefficient (Wildman–Crippen LogP) is 2.86. The number of aromatic nitrogens is 2. The zero-order chi connectivity index (χ0) is 16.5. The highest BCUT2D eigenvalue weighted by atomic mass is 19.1. The minimum Gasteiger partial charge on any atom is -0.376 e. The van der Waals surface area contributed by atoms with Gasteiger partial charge in [0.25, 0.3) is 5.91 Å². The molecule has 1 saturated heterocycles. The molecule has 126 valence electrons. The van der Waals surface area contributed by atoms with Crippen molar-refractivity contribution in [3.63, 3.8) is 0 Å². The summed E-state index contributed by atoms with van der Waals surface area (Å²) < 4.78 is 18.9. The minimum absolute atomic E-state index is 0.0617. The van der Waals surface area contributed by atoms with Crippen molar-refractivity contribution in [2.45, 2.75) is 25.4 Å². The first-order chi connectivity index (χ1) is 11.7. The molecule has 1 saturated carbocycles. The van der Waals surface area contributed by atoms with Crippen molar-refractivity contribution in [1.82, 2.24) is 15.1 Å². The summed E-state index contributed by atoms with van der Waals surface area (Å²) in [5, 5.41) is 6.96. The van der Waals surface area contributed by atoms with E-state index in [-0.39, 0.29) is 17.8 Å². The maximum atomic E-state index is 13.0. The van der Waals surface area contributed by atoms with Gasteiger partial charge >= 0.3 is 0 Å². The Hall–Kier alpha value is -2.21. The van der Waals surface area contributed by atoms with E-state index in [0.717, 1.165) is 24.5 Å². The number of nitrogens with zero attached hydrogens (tertiary/aromatic N) is 2. The summed E-state index contributed by atoms with van der Waals surface area (Å²) in [6.45, 7) is 2.17. The molecular weight excluding hydrogens is 309 g/mol. The molecule has 0 bridgehead atoms. The van der Waals surface area contributed by atoms with E-state index in [4.69, 9.17) is 4.74 Å². The molecule has 5 nitrogen and oxygen atoms in total. The van der Waals surface area contributed by atoms with Crippen LogP contribution in [-0.4, -0.2) is 46.8 Å². The van der Waals surface area contributed by atoms with E-state index in [2.05, 4.69) is 10.2 Å². The lowest BCUT2D eigenvalue weighted by molar-refractivity contribution is 0.0479. The van der Waals surface area contributed by atoms with Gasteiger partial charge in [-0.25, -0.2) is 4.39 Å². The fourth-order valence-electron chi connectivity index (χ4n) is 2.98. The lowest BCUT2D eigenvalue weighted by Gasteiger charge is -2.15. The van der Waals surface area contributed by atoms with Crippen LogP contribution in [0.1, 0.15) is 29.8 Å². The number of aromatic amines is 1. The van der Waals surface area contributed by atoms with Crippen LogP contribution in [0.5, 0.6) is 0 Å². The molecule has 0 spiro atoms. The summed E-state index contributed by atoms with van der Waals surface area (Å²) in [5.41, 5.74) is 1.87. The Kier molecular flexibility index (Phi) is 4.06. The molecule has 1 aliphatic carbocycles. The SMILES string of the molecule is O=C(c1cc(-c2ccc(F)cc2)n[nH]1)N1CCC(OCC2CC2)C1. The van der Waals surface area contributed by atoms with Crippen molar-refractivity contribution in [3.8, 4) is 11.3 Å². The standard InChI is InChI=1S/C18H20FN3O2/c19-14-5-3-13(4-6-14)16-9-17(21-20-16)18(23)22-8-7-15(10-22)24-11-12-1-2-12/h3-6,9,12,15H,1-2,7-8,10-11H2,(H,20,21). The number of amides is 1.